The summed E-state index contributed by atoms with van der Waals surface area (Å²) in [4.78, 5) is 0. The molecule has 18 valence electrons. The SMILES string of the molecule is [O]=[Ce].[SrH2].[Zr]. The summed E-state index contributed by atoms with van der Waals surface area (Å²) < 4.78 is 8.39. The zero-order chi connectivity index (χ0) is 2.00. The summed E-state index contributed by atoms with van der Waals surface area (Å²) in [7, 11) is 0. The fourth-order valence-electron chi connectivity index (χ4n) is 0. The van der Waals surface area contributed by atoms with Crippen LogP contribution >= 0.6 is 0 Å². The van der Waals surface area contributed by atoms with E-state index in [2.05, 4.69) is 0 Å². The summed E-state index contributed by atoms with van der Waals surface area (Å²) in [6, 6.07) is 0. The Morgan fingerprint density at radius 2 is 1.25 bits per heavy atom. The van der Waals surface area contributed by atoms with Crippen molar-refractivity contribution in [2.24, 2.45) is 0 Å². The van der Waals surface area contributed by atoms with Crippen molar-refractivity contribution in [1.29, 1.82) is 0 Å². The fraction of sp³-hybridized carbons (Fsp3) is 0. The van der Waals surface area contributed by atoms with Gasteiger partial charge in [-0.15, -0.1) is 0 Å². The summed E-state index contributed by atoms with van der Waals surface area (Å²) in [6.45, 7) is 0. The largest absolute Gasteiger partial charge is 0 e. The number of hydrogen-bond acceptors (Lipinski definition) is 1. The molecule has 0 aliphatic carbocycles. The molecule has 1 nitrogen and oxygen atoms in total. The molecular weight excluding hydrogens is 335 g/mol. The smallest absolute Gasteiger partial charge is 0 e. The molecule has 0 aromatic rings. The van der Waals surface area contributed by atoms with Gasteiger partial charge in [0.25, 0.3) is 0 Å². The monoisotopic (exact) mass is 336 g/mol. The molecule has 0 radical (unpaired) electrons. The van der Waals surface area contributed by atoms with Crippen LogP contribution < -0.4 is 0 Å². The fourth-order valence-corrected chi connectivity index (χ4v) is 0. The molecule has 0 fully saturated rings. The zero-order valence-corrected chi connectivity index (χ0v) is 7.01. The molecule has 4 heavy (non-hydrogen) atoms. The predicted molar refractivity (Wildman–Crippen MR) is 9.23 cm³/mol. The Morgan fingerprint density at radius 1 is 1.25 bits per heavy atom. The molecule has 0 saturated heterocycles. The minimum absolute atomic E-state index is 0. The second-order valence-corrected chi connectivity index (χ2v) is 0. The maximum atomic E-state index is 8.39. The van der Waals surface area contributed by atoms with Gasteiger partial charge >= 0.3 is 86.2 Å². The van der Waals surface area contributed by atoms with E-state index in [1.165, 1.54) is 0 Å². The Morgan fingerprint density at radius 3 is 1.25 bits per heavy atom. The van der Waals surface area contributed by atoms with Crippen molar-refractivity contribution in [3.05, 3.63) is 0 Å². The van der Waals surface area contributed by atoms with E-state index < -0.39 is 0 Å². The molecule has 0 atom stereocenters. The van der Waals surface area contributed by atoms with Crippen LogP contribution in [0.2, 0.25) is 0 Å². The Kier molecular flexibility index (Phi) is 62.7. The summed E-state index contributed by atoms with van der Waals surface area (Å²) in [6.07, 6.45) is 0. The number of rotatable bonds is 0. The van der Waals surface area contributed by atoms with E-state index in [4.69, 9.17) is 0.938 Å². The molecule has 0 aromatic heterocycles. The van der Waals surface area contributed by atoms with Gasteiger partial charge in [-0.25, -0.2) is 0 Å². The quantitative estimate of drug-likeness (QED) is 0.517. The van der Waals surface area contributed by atoms with Crippen LogP contribution in [0.15, 0.2) is 0 Å². The summed E-state index contributed by atoms with van der Waals surface area (Å²) >= 11 is 0.0556. The Labute approximate surface area is 109 Å². The van der Waals surface area contributed by atoms with Crippen molar-refractivity contribution in [3.8, 4) is 0 Å². The predicted octanol–water partition coefficient (Wildman–Crippen LogP) is -1.04. The van der Waals surface area contributed by atoms with Crippen LogP contribution in [-0.4, -0.2) is 45.5 Å². The topological polar surface area (TPSA) is 17.1 Å². The standard InChI is InChI=1S/Ce.O.Sr.Zr.2H. The Hall–Kier alpha value is 3.54. The average molecular weight is 337 g/mol. The van der Waals surface area contributed by atoms with Crippen molar-refractivity contribution in [2.45, 2.75) is 0 Å². The maximum absolute atomic E-state index is 8.39. The zero-order valence-electron chi connectivity index (χ0n) is 1.41. The van der Waals surface area contributed by atoms with Crippen LogP contribution in [0.4, 0.5) is 0 Å². The van der Waals surface area contributed by atoms with Crippen LogP contribution in [0, 0.1) is 39.8 Å². The van der Waals surface area contributed by atoms with Crippen molar-refractivity contribution in [2.75, 3.05) is 0 Å². The van der Waals surface area contributed by atoms with E-state index in [1.54, 1.807) is 0 Å². The molecule has 0 heterocycles. The molecule has 0 aliphatic heterocycles. The molecule has 0 bridgehead atoms. The van der Waals surface area contributed by atoms with Gasteiger partial charge < -0.3 is 0 Å². The van der Waals surface area contributed by atoms with Crippen LogP contribution in [-0.2, 0) is 27.1 Å². The van der Waals surface area contributed by atoms with Crippen molar-refractivity contribution in [1.82, 2.24) is 0 Å². The van der Waals surface area contributed by atoms with Crippen LogP contribution in [0.1, 0.15) is 0 Å². The van der Waals surface area contributed by atoms with E-state index in [0.29, 0.717) is 0 Å². The minimum Gasteiger partial charge on any atom is 0 e. The molecule has 4 heteroatoms. The van der Waals surface area contributed by atoms with Crippen LogP contribution in [0.25, 0.3) is 0 Å². The van der Waals surface area contributed by atoms with Crippen molar-refractivity contribution >= 4 is 45.5 Å². The van der Waals surface area contributed by atoms with E-state index in [9.17, 15) is 0 Å². The molecule has 0 unspecified atom stereocenters. The van der Waals surface area contributed by atoms with E-state index >= 15 is 0 Å². The van der Waals surface area contributed by atoms with Gasteiger partial charge in [0.2, 0.25) is 0 Å². The Bertz CT molecular complexity index is 8.00. The first-order chi connectivity index (χ1) is 1.00. The van der Waals surface area contributed by atoms with Crippen LogP contribution in [0.3, 0.4) is 0 Å². The van der Waals surface area contributed by atoms with Gasteiger partial charge in [0.15, 0.2) is 0 Å². The van der Waals surface area contributed by atoms with Gasteiger partial charge in [-0.05, 0) is 0 Å². The van der Waals surface area contributed by atoms with Gasteiger partial charge in [-0.2, -0.15) is 0 Å². The second-order valence-electron chi connectivity index (χ2n) is 0. The third-order valence-corrected chi connectivity index (χ3v) is 0. The molecular formula is H2CeOSrZr. The molecule has 0 amide bonds. The third kappa shape index (κ3) is 9.11. The van der Waals surface area contributed by atoms with Crippen LogP contribution in [0.5, 0.6) is 0 Å². The summed E-state index contributed by atoms with van der Waals surface area (Å²) in [5, 5.41) is 0. The normalized spacial score (nSPS) is 0.750. The molecule has 0 saturated carbocycles. The Balaban J connectivity index is -0.00000000500. The average Bonchev–Trinajstić information content (AvgIpc) is 1.00. The van der Waals surface area contributed by atoms with Gasteiger partial charge in [0.05, 0.1) is 0 Å². The molecule has 0 rings (SSSR count). The maximum Gasteiger partial charge on any atom is 0 e. The van der Waals surface area contributed by atoms with Crippen molar-refractivity contribution in [3.63, 3.8) is 0 Å². The second kappa shape index (κ2) is 16.0. The van der Waals surface area contributed by atoms with E-state index in [1.807, 2.05) is 0 Å². The van der Waals surface area contributed by atoms with Gasteiger partial charge in [0.1, 0.15) is 0 Å². The van der Waals surface area contributed by atoms with Gasteiger partial charge in [-0.1, -0.05) is 0 Å². The molecule has 0 N–H and O–H groups in total. The molecule has 0 spiro atoms. The number of hydrogen-bond donors (Lipinski definition) is 0. The van der Waals surface area contributed by atoms with Gasteiger partial charge in [0, 0.05) is 26.2 Å². The minimum atomic E-state index is 0. The first-order valence-corrected chi connectivity index (χ1v) is 1.49. The molecule has 0 aliphatic rings. The third-order valence-electron chi connectivity index (χ3n) is 0. The van der Waals surface area contributed by atoms with E-state index in [-0.39, 0.29) is 111 Å². The summed E-state index contributed by atoms with van der Waals surface area (Å²) in [5.74, 6) is 0. The van der Waals surface area contributed by atoms with E-state index in [0.717, 1.165) is 0 Å². The van der Waals surface area contributed by atoms with Crippen molar-refractivity contribution < 1.29 is 66.9 Å². The first kappa shape index (κ1) is 15.6. The first-order valence-electron chi connectivity index (χ1n) is 0.204. The van der Waals surface area contributed by atoms with Gasteiger partial charge in [-0.3, -0.25) is 0 Å². The molecule has 0 aromatic carbocycles. The summed E-state index contributed by atoms with van der Waals surface area (Å²) in [5.41, 5.74) is 0.